The van der Waals surface area contributed by atoms with Gasteiger partial charge in [-0.25, -0.2) is 0 Å². The van der Waals surface area contributed by atoms with E-state index in [4.69, 9.17) is 9.47 Å². The monoisotopic (exact) mass is 382 g/mol. The van der Waals surface area contributed by atoms with Crippen molar-refractivity contribution in [2.24, 2.45) is 10.9 Å². The van der Waals surface area contributed by atoms with E-state index in [9.17, 15) is 0 Å². The van der Waals surface area contributed by atoms with Gasteiger partial charge in [-0.05, 0) is 55.0 Å². The van der Waals surface area contributed by atoms with E-state index < -0.39 is 0 Å². The van der Waals surface area contributed by atoms with Gasteiger partial charge >= 0.3 is 0 Å². The van der Waals surface area contributed by atoms with Crippen LogP contribution in [0.5, 0.6) is 5.75 Å². The zero-order valence-corrected chi connectivity index (χ0v) is 16.6. The highest BCUT2D eigenvalue weighted by molar-refractivity contribution is 5.79. The first-order valence-electron chi connectivity index (χ1n) is 9.97. The van der Waals surface area contributed by atoms with Crippen LogP contribution in [0.1, 0.15) is 30.5 Å². The van der Waals surface area contributed by atoms with Gasteiger partial charge in [0.15, 0.2) is 5.96 Å². The fraction of sp³-hybridized carbons (Fsp3) is 0.455. The minimum atomic E-state index is 0.462. The summed E-state index contributed by atoms with van der Waals surface area (Å²) < 4.78 is 11.5. The van der Waals surface area contributed by atoms with E-state index in [1.807, 2.05) is 36.4 Å². The van der Waals surface area contributed by atoms with Crippen LogP contribution in [0.2, 0.25) is 0 Å². The number of hydrogen-bond acceptors (Lipinski definition) is 4. The predicted octanol–water partition coefficient (Wildman–Crippen LogP) is 3.14. The second kappa shape index (κ2) is 11.3. The summed E-state index contributed by atoms with van der Waals surface area (Å²) in [6, 6.07) is 13.9. The number of pyridine rings is 1. The number of benzene rings is 1. The highest BCUT2D eigenvalue weighted by Crippen LogP contribution is 2.28. The fourth-order valence-corrected chi connectivity index (χ4v) is 2.71. The molecule has 0 amide bonds. The third-order valence-electron chi connectivity index (χ3n) is 4.50. The molecule has 1 heterocycles. The summed E-state index contributed by atoms with van der Waals surface area (Å²) >= 11 is 0. The van der Waals surface area contributed by atoms with Crippen LogP contribution in [-0.4, -0.2) is 37.7 Å². The predicted molar refractivity (Wildman–Crippen MR) is 111 cm³/mol. The van der Waals surface area contributed by atoms with Gasteiger partial charge < -0.3 is 20.1 Å². The Morgan fingerprint density at radius 3 is 2.89 bits per heavy atom. The molecule has 6 heteroatoms. The highest BCUT2D eigenvalue weighted by Gasteiger charge is 2.20. The summed E-state index contributed by atoms with van der Waals surface area (Å²) in [5.41, 5.74) is 2.05. The van der Waals surface area contributed by atoms with Crippen LogP contribution in [0.15, 0.2) is 53.7 Å². The molecule has 0 unspecified atom stereocenters. The lowest BCUT2D eigenvalue weighted by Gasteiger charge is -2.13. The van der Waals surface area contributed by atoms with Gasteiger partial charge in [0, 0.05) is 39.5 Å². The van der Waals surface area contributed by atoms with Crippen molar-refractivity contribution in [1.29, 1.82) is 0 Å². The number of aliphatic imine (C=N–C) groups is 1. The van der Waals surface area contributed by atoms with E-state index in [-0.39, 0.29) is 0 Å². The molecular weight excluding hydrogens is 352 g/mol. The molecule has 150 valence electrons. The number of ether oxygens (including phenoxy) is 2. The molecule has 0 spiro atoms. The first kappa shape index (κ1) is 20.1. The van der Waals surface area contributed by atoms with Crippen LogP contribution in [0.3, 0.4) is 0 Å². The Morgan fingerprint density at radius 2 is 2.11 bits per heavy atom. The highest BCUT2D eigenvalue weighted by atomic mass is 16.5. The molecule has 1 fully saturated rings. The number of nitrogens with one attached hydrogen (secondary N) is 2. The van der Waals surface area contributed by atoms with Gasteiger partial charge in [-0.15, -0.1) is 0 Å². The minimum Gasteiger partial charge on any atom is -0.487 e. The van der Waals surface area contributed by atoms with Gasteiger partial charge in [-0.3, -0.25) is 9.98 Å². The summed E-state index contributed by atoms with van der Waals surface area (Å²) in [7, 11) is 1.78. The Balaban J connectivity index is 1.35. The summed E-state index contributed by atoms with van der Waals surface area (Å²) in [5, 5.41) is 6.66. The van der Waals surface area contributed by atoms with Crippen molar-refractivity contribution in [3.63, 3.8) is 0 Å². The maximum absolute atomic E-state index is 5.84. The average Bonchev–Trinajstić information content (AvgIpc) is 3.57. The molecule has 0 radical (unpaired) electrons. The molecular formula is C22H30N4O2. The third kappa shape index (κ3) is 7.56. The summed E-state index contributed by atoms with van der Waals surface area (Å²) in [5.74, 6) is 2.45. The minimum absolute atomic E-state index is 0.462. The lowest BCUT2D eigenvalue weighted by atomic mass is 10.2. The fourth-order valence-electron chi connectivity index (χ4n) is 2.71. The average molecular weight is 383 g/mol. The van der Waals surface area contributed by atoms with Crippen molar-refractivity contribution in [1.82, 2.24) is 15.6 Å². The van der Waals surface area contributed by atoms with E-state index in [1.165, 1.54) is 12.8 Å². The summed E-state index contributed by atoms with van der Waals surface area (Å²) in [6.07, 6.45) is 5.43. The van der Waals surface area contributed by atoms with E-state index in [0.29, 0.717) is 13.2 Å². The number of rotatable bonds is 11. The van der Waals surface area contributed by atoms with Crippen LogP contribution in [-0.2, 0) is 17.9 Å². The molecule has 1 aliphatic carbocycles. The van der Waals surface area contributed by atoms with Crippen LogP contribution in [0, 0.1) is 5.92 Å². The van der Waals surface area contributed by atoms with Gasteiger partial charge in [-0.2, -0.15) is 0 Å². The van der Waals surface area contributed by atoms with E-state index >= 15 is 0 Å². The summed E-state index contributed by atoms with van der Waals surface area (Å²) in [6.45, 7) is 3.71. The Kier molecular flexibility index (Phi) is 8.12. The standard InChI is InChI=1S/C22H30N4O2/c1-23-22(25-12-5-13-27-16-18-9-10-18)26-15-19-6-4-8-21(14-19)28-17-20-7-2-3-11-24-20/h2-4,6-8,11,14,18H,5,9-10,12-13,15-17H2,1H3,(H2,23,25,26). The molecule has 1 aromatic carbocycles. The Labute approximate surface area is 167 Å². The maximum atomic E-state index is 5.84. The van der Waals surface area contributed by atoms with Crippen LogP contribution in [0.25, 0.3) is 0 Å². The first-order valence-corrected chi connectivity index (χ1v) is 9.97. The quantitative estimate of drug-likeness (QED) is 0.355. The van der Waals surface area contributed by atoms with Crippen molar-refractivity contribution >= 4 is 5.96 Å². The van der Waals surface area contributed by atoms with Gasteiger partial charge in [-0.1, -0.05) is 18.2 Å². The molecule has 0 aliphatic heterocycles. The molecule has 2 N–H and O–H groups in total. The van der Waals surface area contributed by atoms with Gasteiger partial charge in [0.2, 0.25) is 0 Å². The van der Waals surface area contributed by atoms with Crippen LogP contribution < -0.4 is 15.4 Å². The molecule has 2 aromatic rings. The van der Waals surface area contributed by atoms with E-state index in [1.54, 1.807) is 13.2 Å². The van der Waals surface area contributed by atoms with E-state index in [2.05, 4.69) is 26.7 Å². The number of hydrogen-bond donors (Lipinski definition) is 2. The number of guanidine groups is 1. The van der Waals surface area contributed by atoms with Crippen molar-refractivity contribution in [2.45, 2.75) is 32.4 Å². The molecule has 28 heavy (non-hydrogen) atoms. The normalized spacial score (nSPS) is 14.0. The lowest BCUT2D eigenvalue weighted by Crippen LogP contribution is -2.37. The SMILES string of the molecule is CN=C(NCCCOCC1CC1)NCc1cccc(OCc2ccccn2)c1. The molecule has 1 aliphatic rings. The second-order valence-electron chi connectivity index (χ2n) is 6.98. The third-order valence-corrected chi connectivity index (χ3v) is 4.50. The molecule has 0 atom stereocenters. The lowest BCUT2D eigenvalue weighted by molar-refractivity contribution is 0.123. The zero-order valence-electron chi connectivity index (χ0n) is 16.6. The molecule has 0 saturated heterocycles. The zero-order chi connectivity index (χ0) is 19.4. The van der Waals surface area contributed by atoms with E-state index in [0.717, 1.165) is 55.1 Å². The molecule has 3 rings (SSSR count). The van der Waals surface area contributed by atoms with Crippen molar-refractivity contribution in [3.8, 4) is 5.75 Å². The van der Waals surface area contributed by atoms with Crippen molar-refractivity contribution < 1.29 is 9.47 Å². The molecule has 1 aromatic heterocycles. The molecule has 6 nitrogen and oxygen atoms in total. The number of aromatic nitrogens is 1. The summed E-state index contributed by atoms with van der Waals surface area (Å²) in [4.78, 5) is 8.55. The Morgan fingerprint density at radius 1 is 1.18 bits per heavy atom. The topological polar surface area (TPSA) is 67.8 Å². The molecule has 0 bridgehead atoms. The second-order valence-corrected chi connectivity index (χ2v) is 6.98. The Hall–Kier alpha value is -2.60. The van der Waals surface area contributed by atoms with Crippen molar-refractivity contribution in [2.75, 3.05) is 26.8 Å². The van der Waals surface area contributed by atoms with Gasteiger partial charge in [0.05, 0.1) is 5.69 Å². The number of nitrogens with zero attached hydrogens (tertiary/aromatic N) is 2. The van der Waals surface area contributed by atoms with Gasteiger partial charge in [0.1, 0.15) is 12.4 Å². The first-order chi connectivity index (χ1) is 13.8. The van der Waals surface area contributed by atoms with Crippen LogP contribution in [0.4, 0.5) is 0 Å². The van der Waals surface area contributed by atoms with Gasteiger partial charge in [0.25, 0.3) is 0 Å². The van der Waals surface area contributed by atoms with Crippen LogP contribution >= 0.6 is 0 Å². The Bertz CT molecular complexity index is 732. The smallest absolute Gasteiger partial charge is 0.191 e. The largest absolute Gasteiger partial charge is 0.487 e. The molecule has 1 saturated carbocycles. The maximum Gasteiger partial charge on any atom is 0.191 e. The van der Waals surface area contributed by atoms with Crippen molar-refractivity contribution in [3.05, 3.63) is 59.9 Å².